The molecule has 4 heteroatoms. The van der Waals surface area contributed by atoms with Crippen molar-refractivity contribution in [3.8, 4) is 0 Å². The number of ether oxygens (including phenoxy) is 1. The molecule has 0 radical (unpaired) electrons. The normalized spacial score (nSPS) is 25.9. The highest BCUT2D eigenvalue weighted by atomic mass is 35.5. The lowest BCUT2D eigenvalue weighted by Gasteiger charge is -2.47. The number of nitrogen functional groups attached to an aromatic ring is 1. The highest BCUT2D eigenvalue weighted by molar-refractivity contribution is 8.00. The van der Waals surface area contributed by atoms with Crippen molar-refractivity contribution in [2.24, 2.45) is 0 Å². The number of rotatable bonds is 2. The van der Waals surface area contributed by atoms with Crippen molar-refractivity contribution >= 4 is 29.1 Å². The first-order valence-electron chi connectivity index (χ1n) is 6.53. The van der Waals surface area contributed by atoms with E-state index < -0.39 is 0 Å². The van der Waals surface area contributed by atoms with Crippen molar-refractivity contribution < 1.29 is 4.74 Å². The van der Waals surface area contributed by atoms with Crippen LogP contribution in [0.1, 0.15) is 32.1 Å². The molecule has 1 aliphatic carbocycles. The first-order valence-corrected chi connectivity index (χ1v) is 7.78. The maximum atomic E-state index is 6.04. The van der Waals surface area contributed by atoms with E-state index in [9.17, 15) is 0 Å². The van der Waals surface area contributed by atoms with Gasteiger partial charge in [0, 0.05) is 27.5 Å². The minimum atomic E-state index is 0.198. The second kappa shape index (κ2) is 4.95. The van der Waals surface area contributed by atoms with Crippen LogP contribution in [0.25, 0.3) is 0 Å². The van der Waals surface area contributed by atoms with Gasteiger partial charge in [-0.15, -0.1) is 11.8 Å². The first kappa shape index (κ1) is 12.6. The molecule has 2 N–H and O–H groups in total. The zero-order valence-corrected chi connectivity index (χ0v) is 11.9. The molecule has 0 bridgehead atoms. The third kappa shape index (κ3) is 2.49. The largest absolute Gasteiger partial charge is 0.398 e. The third-order valence-corrected chi connectivity index (χ3v) is 5.56. The number of anilines is 1. The van der Waals surface area contributed by atoms with Gasteiger partial charge in [0.05, 0.1) is 5.60 Å². The molecule has 1 saturated carbocycles. The molecule has 2 nitrogen and oxygen atoms in total. The summed E-state index contributed by atoms with van der Waals surface area (Å²) in [4.78, 5) is 1.11. The summed E-state index contributed by atoms with van der Waals surface area (Å²) in [6.07, 6.45) is 6.04. The SMILES string of the molecule is Nc1ccc(Cl)cc1SC1CCOC2(CCC2)C1. The van der Waals surface area contributed by atoms with Gasteiger partial charge < -0.3 is 10.5 Å². The summed E-state index contributed by atoms with van der Waals surface area (Å²) in [6, 6.07) is 5.71. The van der Waals surface area contributed by atoms with Gasteiger partial charge in [-0.2, -0.15) is 0 Å². The molecule has 1 spiro atoms. The minimum absolute atomic E-state index is 0.198. The van der Waals surface area contributed by atoms with Crippen LogP contribution in [0.3, 0.4) is 0 Å². The molecule has 1 aliphatic heterocycles. The van der Waals surface area contributed by atoms with Gasteiger partial charge in [0.25, 0.3) is 0 Å². The van der Waals surface area contributed by atoms with Crippen LogP contribution >= 0.6 is 23.4 Å². The fraction of sp³-hybridized carbons (Fsp3) is 0.571. The van der Waals surface area contributed by atoms with E-state index in [1.807, 2.05) is 30.0 Å². The lowest BCUT2D eigenvalue weighted by atomic mass is 9.75. The summed E-state index contributed by atoms with van der Waals surface area (Å²) < 4.78 is 5.95. The van der Waals surface area contributed by atoms with Crippen molar-refractivity contribution in [1.82, 2.24) is 0 Å². The Labute approximate surface area is 117 Å². The van der Waals surface area contributed by atoms with Crippen LogP contribution in [0.2, 0.25) is 5.02 Å². The van der Waals surface area contributed by atoms with E-state index >= 15 is 0 Å². The third-order valence-electron chi connectivity index (χ3n) is 3.98. The molecule has 1 saturated heterocycles. The number of halogens is 1. The van der Waals surface area contributed by atoms with Crippen molar-refractivity contribution in [2.75, 3.05) is 12.3 Å². The van der Waals surface area contributed by atoms with E-state index in [0.29, 0.717) is 5.25 Å². The fourth-order valence-corrected chi connectivity index (χ4v) is 4.39. The standard InChI is InChI=1S/C14H18ClNOS/c15-10-2-3-12(16)13(8-10)18-11-4-7-17-14(9-11)5-1-6-14/h2-3,8,11H,1,4-7,9,16H2. The Morgan fingerprint density at radius 2 is 2.22 bits per heavy atom. The van der Waals surface area contributed by atoms with Gasteiger partial charge in [0.15, 0.2) is 0 Å². The predicted molar refractivity (Wildman–Crippen MR) is 77.3 cm³/mol. The van der Waals surface area contributed by atoms with Gasteiger partial charge in [0.1, 0.15) is 0 Å². The van der Waals surface area contributed by atoms with Gasteiger partial charge in [-0.3, -0.25) is 0 Å². The summed E-state index contributed by atoms with van der Waals surface area (Å²) in [5.41, 5.74) is 7.04. The van der Waals surface area contributed by atoms with Gasteiger partial charge in [-0.25, -0.2) is 0 Å². The van der Waals surface area contributed by atoms with Crippen molar-refractivity contribution in [1.29, 1.82) is 0 Å². The molecule has 1 unspecified atom stereocenters. The van der Waals surface area contributed by atoms with Crippen molar-refractivity contribution in [2.45, 2.75) is 47.9 Å². The average molecular weight is 284 g/mol. The van der Waals surface area contributed by atoms with Gasteiger partial charge in [-0.05, 0) is 50.3 Å². The number of thioether (sulfide) groups is 1. The summed E-state index contributed by atoms with van der Waals surface area (Å²) in [5, 5.41) is 1.37. The predicted octanol–water partition coefficient (Wildman–Crippen LogP) is 4.12. The molecule has 2 fully saturated rings. The molecule has 0 aromatic heterocycles. The van der Waals surface area contributed by atoms with E-state index in [-0.39, 0.29) is 5.60 Å². The maximum absolute atomic E-state index is 6.04. The second-order valence-electron chi connectivity index (χ2n) is 5.30. The number of hydrogen-bond donors (Lipinski definition) is 1. The van der Waals surface area contributed by atoms with Crippen molar-refractivity contribution in [3.05, 3.63) is 23.2 Å². The Balaban J connectivity index is 1.70. The number of benzene rings is 1. The van der Waals surface area contributed by atoms with Crippen LogP contribution in [0.15, 0.2) is 23.1 Å². The first-order chi connectivity index (χ1) is 8.67. The zero-order valence-electron chi connectivity index (χ0n) is 10.3. The summed E-state index contributed by atoms with van der Waals surface area (Å²) in [7, 11) is 0. The van der Waals surface area contributed by atoms with Crippen LogP contribution in [-0.2, 0) is 4.74 Å². The average Bonchev–Trinajstić information content (AvgIpc) is 2.32. The second-order valence-corrected chi connectivity index (χ2v) is 7.08. The Kier molecular flexibility index (Phi) is 3.48. The molecule has 1 aromatic rings. The zero-order chi connectivity index (χ0) is 12.6. The smallest absolute Gasteiger partial charge is 0.0693 e. The Bertz CT molecular complexity index is 447. The Morgan fingerprint density at radius 3 is 2.94 bits per heavy atom. The fourth-order valence-electron chi connectivity index (χ4n) is 2.79. The van der Waals surface area contributed by atoms with E-state index in [1.54, 1.807) is 0 Å². The summed E-state index contributed by atoms with van der Waals surface area (Å²) in [6.45, 7) is 0.887. The van der Waals surface area contributed by atoms with Crippen molar-refractivity contribution in [3.63, 3.8) is 0 Å². The number of hydrogen-bond acceptors (Lipinski definition) is 3. The van der Waals surface area contributed by atoms with Gasteiger partial charge >= 0.3 is 0 Å². The lowest BCUT2D eigenvalue weighted by Crippen LogP contribution is -2.46. The molecule has 2 aliphatic rings. The molecule has 18 heavy (non-hydrogen) atoms. The van der Waals surface area contributed by atoms with E-state index in [1.165, 1.54) is 19.3 Å². The minimum Gasteiger partial charge on any atom is -0.398 e. The Morgan fingerprint density at radius 1 is 1.39 bits per heavy atom. The van der Waals surface area contributed by atoms with Gasteiger partial charge in [-0.1, -0.05) is 11.6 Å². The topological polar surface area (TPSA) is 35.2 Å². The van der Waals surface area contributed by atoms with Crippen LogP contribution in [-0.4, -0.2) is 17.5 Å². The van der Waals surface area contributed by atoms with Gasteiger partial charge in [0.2, 0.25) is 0 Å². The molecular formula is C14H18ClNOS. The monoisotopic (exact) mass is 283 g/mol. The molecule has 98 valence electrons. The molecule has 1 aromatic carbocycles. The van der Waals surface area contributed by atoms with Crippen LogP contribution in [0.5, 0.6) is 0 Å². The molecular weight excluding hydrogens is 266 g/mol. The maximum Gasteiger partial charge on any atom is 0.0693 e. The van der Waals surface area contributed by atoms with Crippen LogP contribution in [0, 0.1) is 0 Å². The molecule has 3 rings (SSSR count). The van der Waals surface area contributed by atoms with Crippen LogP contribution < -0.4 is 5.73 Å². The molecule has 1 atom stereocenters. The van der Waals surface area contributed by atoms with E-state index in [0.717, 1.165) is 35.1 Å². The highest BCUT2D eigenvalue weighted by Crippen LogP contribution is 2.47. The molecule has 0 amide bonds. The summed E-state index contributed by atoms with van der Waals surface area (Å²) in [5.74, 6) is 0. The van der Waals surface area contributed by atoms with E-state index in [4.69, 9.17) is 22.1 Å². The lowest BCUT2D eigenvalue weighted by molar-refractivity contribution is -0.125. The summed E-state index contributed by atoms with van der Waals surface area (Å²) >= 11 is 7.90. The van der Waals surface area contributed by atoms with E-state index in [2.05, 4.69) is 0 Å². The van der Waals surface area contributed by atoms with Crippen LogP contribution in [0.4, 0.5) is 5.69 Å². The molecule has 1 heterocycles. The quantitative estimate of drug-likeness (QED) is 0.830. The Hall–Kier alpha value is -0.380. The number of nitrogens with two attached hydrogens (primary N) is 1. The highest BCUT2D eigenvalue weighted by Gasteiger charge is 2.42.